The molecule has 1 aliphatic heterocycles. The molecular formula is C30H37ClN4O4. The van der Waals surface area contributed by atoms with Gasteiger partial charge in [0.25, 0.3) is 5.91 Å². The molecule has 3 aromatic carbocycles. The third kappa shape index (κ3) is 6.34. The predicted molar refractivity (Wildman–Crippen MR) is 158 cm³/mol. The molecule has 1 aliphatic rings. The van der Waals surface area contributed by atoms with Crippen molar-refractivity contribution >= 4 is 52.3 Å². The van der Waals surface area contributed by atoms with Crippen molar-refractivity contribution in [3.05, 3.63) is 66.2 Å². The van der Waals surface area contributed by atoms with Gasteiger partial charge in [-0.15, -0.1) is 12.4 Å². The van der Waals surface area contributed by atoms with E-state index in [1.54, 1.807) is 30.9 Å². The molecule has 0 aliphatic carbocycles. The third-order valence-corrected chi connectivity index (χ3v) is 6.95. The second-order valence-electron chi connectivity index (χ2n) is 10.1. The lowest BCUT2D eigenvalue weighted by Crippen LogP contribution is -2.55. The minimum Gasteiger partial charge on any atom is -0.496 e. The molecule has 39 heavy (non-hydrogen) atoms. The number of para-hydroxylation sites is 2. The monoisotopic (exact) mass is 552 g/mol. The summed E-state index contributed by atoms with van der Waals surface area (Å²) in [7, 11) is 3.30. The molecule has 8 nitrogen and oxygen atoms in total. The van der Waals surface area contributed by atoms with E-state index in [0.717, 1.165) is 16.3 Å². The van der Waals surface area contributed by atoms with Crippen LogP contribution in [0.25, 0.3) is 10.8 Å². The molecule has 1 heterocycles. The maximum absolute atomic E-state index is 14.2. The predicted octanol–water partition coefficient (Wildman–Crippen LogP) is 4.29. The van der Waals surface area contributed by atoms with Gasteiger partial charge in [-0.1, -0.05) is 56.3 Å². The second kappa shape index (κ2) is 13.0. The number of rotatable bonds is 8. The lowest BCUT2D eigenvalue weighted by Gasteiger charge is -2.27. The van der Waals surface area contributed by atoms with E-state index in [0.29, 0.717) is 23.5 Å². The van der Waals surface area contributed by atoms with E-state index in [2.05, 4.69) is 10.6 Å². The molecule has 0 fully saturated rings. The molecule has 2 N–H and O–H groups in total. The number of hydrogen-bond donors (Lipinski definition) is 2. The Bertz CT molecular complexity index is 1350. The summed E-state index contributed by atoms with van der Waals surface area (Å²) in [5.41, 5.74) is 2.11. The number of carbonyl (C=O) groups is 3. The Kier molecular flexibility index (Phi) is 9.94. The van der Waals surface area contributed by atoms with Gasteiger partial charge in [-0.05, 0) is 48.9 Å². The van der Waals surface area contributed by atoms with Gasteiger partial charge in [-0.25, -0.2) is 0 Å². The van der Waals surface area contributed by atoms with Crippen LogP contribution < -0.4 is 25.2 Å². The van der Waals surface area contributed by atoms with E-state index < -0.39 is 12.1 Å². The van der Waals surface area contributed by atoms with E-state index >= 15 is 0 Å². The molecule has 0 unspecified atom stereocenters. The minimum absolute atomic E-state index is 0. The van der Waals surface area contributed by atoms with Crippen molar-refractivity contribution in [3.63, 3.8) is 0 Å². The van der Waals surface area contributed by atoms with E-state index in [-0.39, 0.29) is 49.1 Å². The van der Waals surface area contributed by atoms with Crippen LogP contribution in [0, 0.1) is 5.92 Å². The summed E-state index contributed by atoms with van der Waals surface area (Å²) in [5.74, 6) is 0.114. The van der Waals surface area contributed by atoms with Gasteiger partial charge in [-0.3, -0.25) is 14.4 Å². The maximum Gasteiger partial charge on any atom is 0.251 e. The van der Waals surface area contributed by atoms with Crippen LogP contribution in [0.5, 0.6) is 5.75 Å². The number of likely N-dealkylation sites (N-methyl/N-ethyl adjacent to an activating group) is 1. The fourth-order valence-electron chi connectivity index (χ4n) is 4.81. The molecule has 0 radical (unpaired) electrons. The van der Waals surface area contributed by atoms with Crippen LogP contribution in [0.1, 0.15) is 32.8 Å². The summed E-state index contributed by atoms with van der Waals surface area (Å²) >= 11 is 0. The first-order valence-electron chi connectivity index (χ1n) is 13.0. The third-order valence-electron chi connectivity index (χ3n) is 6.95. The van der Waals surface area contributed by atoms with Crippen LogP contribution in [-0.2, 0) is 20.9 Å². The Morgan fingerprint density at radius 2 is 1.67 bits per heavy atom. The first-order chi connectivity index (χ1) is 18.2. The number of hydrogen-bond acceptors (Lipinski definition) is 5. The highest BCUT2D eigenvalue weighted by molar-refractivity contribution is 6.08. The maximum atomic E-state index is 14.2. The van der Waals surface area contributed by atoms with Gasteiger partial charge in [0.1, 0.15) is 11.8 Å². The highest BCUT2D eigenvalue weighted by Gasteiger charge is 2.37. The van der Waals surface area contributed by atoms with Crippen LogP contribution in [-0.4, -0.2) is 50.5 Å². The fourth-order valence-corrected chi connectivity index (χ4v) is 4.81. The molecule has 3 amide bonds. The van der Waals surface area contributed by atoms with Gasteiger partial charge >= 0.3 is 0 Å². The molecule has 0 bridgehead atoms. The van der Waals surface area contributed by atoms with Gasteiger partial charge in [0.05, 0.1) is 37.6 Å². The van der Waals surface area contributed by atoms with Crippen molar-refractivity contribution in [3.8, 4) is 5.75 Å². The van der Waals surface area contributed by atoms with Gasteiger partial charge < -0.3 is 25.2 Å². The van der Waals surface area contributed by atoms with Crippen LogP contribution in [0.15, 0.2) is 60.7 Å². The fraction of sp³-hybridized carbons (Fsp3) is 0.367. The summed E-state index contributed by atoms with van der Waals surface area (Å²) in [4.78, 5) is 43.8. The molecule has 208 valence electrons. The van der Waals surface area contributed by atoms with Gasteiger partial charge in [0, 0.05) is 12.0 Å². The number of halogens is 1. The zero-order valence-corrected chi connectivity index (χ0v) is 23.9. The van der Waals surface area contributed by atoms with Crippen molar-refractivity contribution in [1.29, 1.82) is 0 Å². The molecule has 0 saturated heterocycles. The number of methoxy groups -OCH3 is 1. The summed E-state index contributed by atoms with van der Waals surface area (Å²) in [6.45, 7) is 5.96. The highest BCUT2D eigenvalue weighted by atomic mass is 35.5. The van der Waals surface area contributed by atoms with Crippen LogP contribution in [0.2, 0.25) is 0 Å². The SMILES string of the molecule is CN[C@@H](C)C(=O)N[C@H]1CN(C(=O)CC(C)C)c2ccccc2N(Cc2c(OC)ccc3ccccc23)C1=O.Cl. The van der Waals surface area contributed by atoms with Crippen molar-refractivity contribution in [2.75, 3.05) is 30.5 Å². The van der Waals surface area contributed by atoms with Gasteiger partial charge in [-0.2, -0.15) is 0 Å². The van der Waals surface area contributed by atoms with Crippen molar-refractivity contribution in [2.24, 2.45) is 5.92 Å². The molecule has 3 aromatic rings. The quantitative estimate of drug-likeness (QED) is 0.435. The van der Waals surface area contributed by atoms with Crippen molar-refractivity contribution in [1.82, 2.24) is 10.6 Å². The van der Waals surface area contributed by atoms with Crippen LogP contribution in [0.4, 0.5) is 11.4 Å². The molecule has 0 aromatic heterocycles. The average molecular weight is 553 g/mol. The Balaban J connectivity index is 0.00000420. The number of nitrogens with zero attached hydrogens (tertiary/aromatic N) is 2. The zero-order valence-electron chi connectivity index (χ0n) is 23.1. The van der Waals surface area contributed by atoms with Crippen LogP contribution in [0.3, 0.4) is 0 Å². The highest BCUT2D eigenvalue weighted by Crippen LogP contribution is 2.37. The number of benzene rings is 3. The van der Waals surface area contributed by atoms with Crippen molar-refractivity contribution in [2.45, 2.75) is 45.8 Å². The number of nitrogens with one attached hydrogen (secondary N) is 2. The van der Waals surface area contributed by atoms with Gasteiger partial charge in [0.15, 0.2) is 0 Å². The molecule has 2 atom stereocenters. The average Bonchev–Trinajstić information content (AvgIpc) is 3.03. The minimum atomic E-state index is -0.928. The Morgan fingerprint density at radius 1 is 1.00 bits per heavy atom. The number of ether oxygens (including phenoxy) is 1. The second-order valence-corrected chi connectivity index (χ2v) is 10.1. The molecule has 0 spiro atoms. The van der Waals surface area contributed by atoms with E-state index in [1.165, 1.54) is 0 Å². The summed E-state index contributed by atoms with van der Waals surface area (Å²) < 4.78 is 5.71. The Labute approximate surface area is 236 Å². The lowest BCUT2D eigenvalue weighted by molar-refractivity contribution is -0.128. The molecule has 4 rings (SSSR count). The summed E-state index contributed by atoms with van der Waals surface area (Å²) in [6, 6.07) is 17.8. The lowest BCUT2D eigenvalue weighted by atomic mass is 10.0. The van der Waals surface area contributed by atoms with E-state index in [1.807, 2.05) is 74.5 Å². The molecule has 9 heteroatoms. The van der Waals surface area contributed by atoms with E-state index in [9.17, 15) is 14.4 Å². The topological polar surface area (TPSA) is 91.0 Å². The first-order valence-corrected chi connectivity index (χ1v) is 13.0. The number of carbonyl (C=O) groups excluding carboxylic acids is 3. The first kappa shape index (κ1) is 29.9. The standard InChI is InChI=1S/C30H36N4O4.ClH/c1-19(2)16-28(35)33-18-24(32-29(36)20(3)31-4)30(37)34(26-13-9-8-12-25(26)33)17-23-22-11-7-6-10-21(22)14-15-27(23)38-5;/h6-15,19-20,24,31H,16-18H2,1-5H3,(H,32,36);1H/t20-,24-;/m0./s1. The largest absolute Gasteiger partial charge is 0.496 e. The van der Waals surface area contributed by atoms with Crippen LogP contribution >= 0.6 is 12.4 Å². The number of anilines is 2. The Morgan fingerprint density at radius 3 is 2.33 bits per heavy atom. The van der Waals surface area contributed by atoms with E-state index in [4.69, 9.17) is 4.74 Å². The number of amides is 3. The Hall–Kier alpha value is -3.62. The number of fused-ring (bicyclic) bond motifs is 2. The smallest absolute Gasteiger partial charge is 0.251 e. The van der Waals surface area contributed by atoms with Gasteiger partial charge in [0.2, 0.25) is 11.8 Å². The zero-order chi connectivity index (χ0) is 27.4. The normalized spacial score (nSPS) is 15.8. The summed E-state index contributed by atoms with van der Waals surface area (Å²) in [5, 5.41) is 7.81. The van der Waals surface area contributed by atoms with Crippen molar-refractivity contribution < 1.29 is 19.1 Å². The molecular weight excluding hydrogens is 516 g/mol. The summed E-state index contributed by atoms with van der Waals surface area (Å²) in [6.07, 6.45) is 0.327. The molecule has 0 saturated carbocycles.